The Balaban J connectivity index is -0.0000000579. The van der Waals surface area contributed by atoms with Gasteiger partial charge < -0.3 is 31.6 Å². The summed E-state index contributed by atoms with van der Waals surface area (Å²) in [5.41, 5.74) is 2.26. The van der Waals surface area contributed by atoms with E-state index >= 15 is 0 Å². The number of rotatable bonds is 6. The molecule has 0 saturated heterocycles. The van der Waals surface area contributed by atoms with Gasteiger partial charge in [-0.05, 0) is 27.7 Å². The van der Waals surface area contributed by atoms with Gasteiger partial charge in [0.2, 0.25) is 0 Å². The minimum atomic E-state index is 0. The number of aliphatic hydroxyl groups is 2. The van der Waals surface area contributed by atoms with Crippen LogP contribution in [0.1, 0.15) is 27.7 Å². The van der Waals surface area contributed by atoms with E-state index in [1.54, 1.807) is 27.7 Å². The molecule has 0 fully saturated rings. The van der Waals surface area contributed by atoms with Crippen LogP contribution in [0.15, 0.2) is 20.3 Å². The number of aliphatic hydroxyl groups excluding tert-OH is 2. The topological polar surface area (TPSA) is 196 Å². The van der Waals surface area contributed by atoms with Crippen molar-refractivity contribution in [3.8, 4) is 0 Å². The maximum atomic E-state index is 8.36. The van der Waals surface area contributed by atoms with Crippen molar-refractivity contribution in [1.82, 2.24) is 0 Å². The molecule has 0 aromatic rings. The van der Waals surface area contributed by atoms with Crippen molar-refractivity contribution in [2.75, 3.05) is 26.3 Å². The summed E-state index contributed by atoms with van der Waals surface area (Å²) in [5, 5.41) is 39.1. The number of hydrogen-bond acceptors (Lipinski definition) is 8. The van der Waals surface area contributed by atoms with Crippen LogP contribution in [-0.4, -0.2) is 69.8 Å². The van der Waals surface area contributed by atoms with Crippen LogP contribution in [0.5, 0.6) is 0 Å². The van der Waals surface area contributed by atoms with E-state index in [1.807, 2.05) is 0 Å². The van der Waals surface area contributed by atoms with Crippen molar-refractivity contribution in [3.05, 3.63) is 0 Å². The van der Waals surface area contributed by atoms with Gasteiger partial charge in [-0.1, -0.05) is 10.3 Å². The largest absolute Gasteiger partial charge is 1.00 e. The van der Waals surface area contributed by atoms with E-state index in [4.69, 9.17) is 20.6 Å². The number of aliphatic imine (C=N–C) groups is 2. The Kier molecular flexibility index (Phi) is 43.5. The predicted octanol–water partition coefficient (Wildman–Crippen LogP) is -1.27. The van der Waals surface area contributed by atoms with Crippen molar-refractivity contribution in [1.29, 1.82) is 0 Å². The van der Waals surface area contributed by atoms with Crippen molar-refractivity contribution >= 4 is 22.8 Å². The molecule has 0 aromatic carbocycles. The maximum absolute atomic E-state index is 8.36. The molecule has 152 valence electrons. The van der Waals surface area contributed by atoms with Gasteiger partial charge >= 0.3 is 34.1 Å². The first-order valence-electron chi connectivity index (χ1n) is 6.06. The van der Waals surface area contributed by atoms with E-state index in [0.29, 0.717) is 35.9 Å². The van der Waals surface area contributed by atoms with Gasteiger partial charge in [0.25, 0.3) is 0 Å². The van der Waals surface area contributed by atoms with Crippen LogP contribution in [0.2, 0.25) is 0 Å². The van der Waals surface area contributed by atoms with Gasteiger partial charge in [-0.3, -0.25) is 9.98 Å². The summed E-state index contributed by atoms with van der Waals surface area (Å²) in [4.78, 5) is 7.78. The zero-order valence-electron chi connectivity index (χ0n) is 14.2. The summed E-state index contributed by atoms with van der Waals surface area (Å²) in [6.07, 6.45) is 0. The molecule has 10 N–H and O–H groups in total. The summed E-state index contributed by atoms with van der Waals surface area (Å²) >= 11 is 0. The van der Waals surface area contributed by atoms with Gasteiger partial charge in [0.05, 0.1) is 49.2 Å². The summed E-state index contributed by atoms with van der Waals surface area (Å²) in [6.45, 7) is 7.52. The summed E-state index contributed by atoms with van der Waals surface area (Å²) in [7, 11) is 0. The minimum absolute atomic E-state index is 0. The fraction of sp³-hybridized carbons (Fsp3) is 0.667. The number of hydrogen-bond donors (Lipinski definition) is 4. The molecule has 0 heterocycles. The zero-order valence-corrected chi connectivity index (χ0v) is 16.0. The Hall–Kier alpha value is -0.841. The normalized spacial score (nSPS) is 11.6. The maximum Gasteiger partial charge on any atom is 1.00 e. The fourth-order valence-electron chi connectivity index (χ4n) is 0.809. The molecule has 0 amide bonds. The molecule has 0 aliphatic rings. The third-order valence-electron chi connectivity index (χ3n) is 2.25. The van der Waals surface area contributed by atoms with Crippen molar-refractivity contribution in [2.24, 2.45) is 20.3 Å². The predicted molar refractivity (Wildman–Crippen MR) is 89.7 cm³/mol. The molecule has 0 aliphatic heterocycles. The van der Waals surface area contributed by atoms with Gasteiger partial charge in [-0.2, -0.15) is 0 Å². The SMILES string of the molecule is CC(=NCCO)/C(C)=N/O.CC(=NCCO)/C(C)=N/O.[Cu+].[Cu+].[OH3+].[OH3+]. The molecule has 0 aromatic heterocycles. The van der Waals surface area contributed by atoms with Crippen molar-refractivity contribution in [3.63, 3.8) is 0 Å². The molecule has 0 aliphatic carbocycles. The molecular weight excluding hydrogens is 423 g/mol. The summed E-state index contributed by atoms with van der Waals surface area (Å²) in [6, 6.07) is 0. The average Bonchev–Trinajstić information content (AvgIpc) is 2.48. The van der Waals surface area contributed by atoms with E-state index in [0.717, 1.165) is 0 Å². The molecule has 0 saturated carbocycles. The molecular formula is C12H30Cu2N4O6+4. The van der Waals surface area contributed by atoms with E-state index in [1.165, 1.54) is 0 Å². The zero-order chi connectivity index (χ0) is 16.0. The van der Waals surface area contributed by atoms with Crippen molar-refractivity contribution in [2.45, 2.75) is 27.7 Å². The van der Waals surface area contributed by atoms with Gasteiger partial charge in [0.1, 0.15) is 0 Å². The van der Waals surface area contributed by atoms with Crippen LogP contribution in [0.3, 0.4) is 0 Å². The molecule has 12 heteroatoms. The van der Waals surface area contributed by atoms with Gasteiger partial charge in [0.15, 0.2) is 0 Å². The Morgan fingerprint density at radius 3 is 1.04 bits per heavy atom. The molecule has 0 bridgehead atoms. The van der Waals surface area contributed by atoms with Crippen molar-refractivity contribution < 1.29 is 65.7 Å². The molecule has 10 nitrogen and oxygen atoms in total. The van der Waals surface area contributed by atoms with Crippen LogP contribution >= 0.6 is 0 Å². The fourth-order valence-corrected chi connectivity index (χ4v) is 0.809. The first-order valence-corrected chi connectivity index (χ1v) is 6.06. The molecule has 0 radical (unpaired) electrons. The van der Waals surface area contributed by atoms with Gasteiger partial charge in [-0.25, -0.2) is 0 Å². The van der Waals surface area contributed by atoms with Crippen LogP contribution in [0.25, 0.3) is 0 Å². The third-order valence-corrected chi connectivity index (χ3v) is 2.25. The van der Waals surface area contributed by atoms with Crippen LogP contribution in [0, 0.1) is 0 Å². The monoisotopic (exact) mass is 452 g/mol. The summed E-state index contributed by atoms with van der Waals surface area (Å²) in [5.74, 6) is 0. The smallest absolute Gasteiger partial charge is 0.457 e. The van der Waals surface area contributed by atoms with Crippen LogP contribution in [-0.2, 0) is 45.1 Å². The number of nitrogens with zero attached hydrogens (tertiary/aromatic N) is 4. The Bertz CT molecular complexity index is 354. The minimum Gasteiger partial charge on any atom is -0.457 e. The summed E-state index contributed by atoms with van der Waals surface area (Å²) < 4.78 is 0. The Labute approximate surface area is 163 Å². The first-order chi connectivity index (χ1) is 9.44. The quantitative estimate of drug-likeness (QED) is 0.128. The second kappa shape index (κ2) is 27.0. The van der Waals surface area contributed by atoms with E-state index in [9.17, 15) is 0 Å². The molecule has 0 unspecified atom stereocenters. The second-order valence-electron chi connectivity index (χ2n) is 3.75. The Morgan fingerprint density at radius 1 is 0.625 bits per heavy atom. The molecule has 0 spiro atoms. The van der Waals surface area contributed by atoms with Gasteiger partial charge in [-0.15, -0.1) is 0 Å². The molecule has 0 atom stereocenters. The van der Waals surface area contributed by atoms with E-state index in [-0.39, 0.29) is 58.3 Å². The van der Waals surface area contributed by atoms with E-state index in [2.05, 4.69) is 20.3 Å². The van der Waals surface area contributed by atoms with Crippen LogP contribution in [0.4, 0.5) is 0 Å². The Morgan fingerprint density at radius 2 is 0.875 bits per heavy atom. The second-order valence-corrected chi connectivity index (χ2v) is 3.75. The average molecular weight is 453 g/mol. The van der Waals surface area contributed by atoms with E-state index < -0.39 is 0 Å². The number of oxime groups is 2. The first kappa shape index (κ1) is 38.6. The molecule has 24 heavy (non-hydrogen) atoms. The standard InChI is InChI=1S/2C6H12N2O2.2Cu.2H2O/c2*1-5(6(2)8-10)7-3-4-9;;;;/h2*9-10H,3-4H2,1-2H3;;;2*1H2/q;;2*+1;;/p+2/b2*7-5?,8-6+;;;;. The molecule has 0 rings (SSSR count). The third kappa shape index (κ3) is 23.4. The van der Waals surface area contributed by atoms with Crippen LogP contribution < -0.4 is 0 Å². The van der Waals surface area contributed by atoms with Gasteiger partial charge in [0, 0.05) is 0 Å².